The van der Waals surface area contributed by atoms with Crippen molar-refractivity contribution in [3.8, 4) is 11.1 Å². The van der Waals surface area contributed by atoms with Crippen LogP contribution in [0.25, 0.3) is 11.1 Å². The molecule has 2 amide bonds. The van der Waals surface area contributed by atoms with Gasteiger partial charge in [-0.2, -0.15) is 5.10 Å². The number of amides is 2. The van der Waals surface area contributed by atoms with Crippen LogP contribution in [-0.2, 0) is 16.6 Å². The average molecular weight is 475 g/mol. The lowest BCUT2D eigenvalue weighted by Crippen LogP contribution is -2.36. The molecular weight excluding hydrogens is 448 g/mol. The number of nitrogens with zero attached hydrogens (tertiary/aromatic N) is 3. The molecule has 2 aliphatic rings. The number of carboxylic acids is 1. The molecule has 180 valence electrons. The van der Waals surface area contributed by atoms with Gasteiger partial charge in [-0.15, -0.1) is 0 Å². The highest BCUT2D eigenvalue weighted by Crippen LogP contribution is 2.44. The summed E-state index contributed by atoms with van der Waals surface area (Å²) >= 11 is 0. The van der Waals surface area contributed by atoms with Crippen molar-refractivity contribution in [3.05, 3.63) is 71.5 Å². The first-order chi connectivity index (χ1) is 16.8. The maximum Gasteiger partial charge on any atom is 0.411 e. The molecule has 1 aliphatic heterocycles. The maximum absolute atomic E-state index is 13.2. The molecule has 0 radical (unpaired) electrons. The number of fused-ring (bicyclic) bond motifs is 3. The zero-order valence-corrected chi connectivity index (χ0v) is 19.5. The van der Waals surface area contributed by atoms with E-state index in [1.807, 2.05) is 36.4 Å². The lowest BCUT2D eigenvalue weighted by atomic mass is 9.90. The first-order valence-corrected chi connectivity index (χ1v) is 11.4. The predicted octanol–water partition coefficient (Wildman–Crippen LogP) is 3.72. The van der Waals surface area contributed by atoms with E-state index in [1.165, 1.54) is 15.8 Å². The largest absolute Gasteiger partial charge is 0.481 e. The molecule has 1 aliphatic carbocycles. The molecule has 2 N–H and O–H groups in total. The normalized spacial score (nSPS) is 18.7. The van der Waals surface area contributed by atoms with E-state index in [9.17, 15) is 19.5 Å². The van der Waals surface area contributed by atoms with Crippen molar-refractivity contribution in [2.75, 3.05) is 25.0 Å². The van der Waals surface area contributed by atoms with E-state index in [2.05, 4.69) is 22.5 Å². The van der Waals surface area contributed by atoms with Gasteiger partial charge < -0.3 is 14.7 Å². The van der Waals surface area contributed by atoms with Gasteiger partial charge in [0.15, 0.2) is 0 Å². The van der Waals surface area contributed by atoms with Gasteiger partial charge in [-0.1, -0.05) is 48.5 Å². The summed E-state index contributed by atoms with van der Waals surface area (Å²) in [5, 5.41) is 16.2. The van der Waals surface area contributed by atoms with Gasteiger partial charge in [0.25, 0.3) is 5.91 Å². The highest BCUT2D eigenvalue weighted by atomic mass is 16.5. The Morgan fingerprint density at radius 3 is 2.34 bits per heavy atom. The quantitative estimate of drug-likeness (QED) is 0.583. The summed E-state index contributed by atoms with van der Waals surface area (Å²) in [6.07, 6.45) is 1.06. The van der Waals surface area contributed by atoms with Crippen LogP contribution in [-0.4, -0.2) is 57.5 Å². The van der Waals surface area contributed by atoms with Crippen molar-refractivity contribution in [1.29, 1.82) is 0 Å². The van der Waals surface area contributed by atoms with Crippen molar-refractivity contribution in [2.24, 2.45) is 12.5 Å². The number of nitrogens with one attached hydrogen (secondary N) is 1. The van der Waals surface area contributed by atoms with E-state index in [-0.39, 0.29) is 36.4 Å². The third kappa shape index (κ3) is 3.92. The monoisotopic (exact) mass is 474 g/mol. The zero-order chi connectivity index (χ0) is 24.7. The van der Waals surface area contributed by atoms with E-state index in [1.54, 1.807) is 14.0 Å². The van der Waals surface area contributed by atoms with Crippen LogP contribution in [0, 0.1) is 5.41 Å². The van der Waals surface area contributed by atoms with Crippen LogP contribution in [0.2, 0.25) is 0 Å². The molecule has 9 nitrogen and oxygen atoms in total. The lowest BCUT2D eigenvalue weighted by molar-refractivity contribution is -0.147. The van der Waals surface area contributed by atoms with E-state index < -0.39 is 17.5 Å². The first kappa shape index (κ1) is 22.6. The van der Waals surface area contributed by atoms with E-state index in [0.29, 0.717) is 13.0 Å². The number of carbonyl (C=O) groups is 3. The van der Waals surface area contributed by atoms with Crippen LogP contribution in [0.5, 0.6) is 0 Å². The lowest BCUT2D eigenvalue weighted by Gasteiger charge is -2.20. The number of ether oxygens (including phenoxy) is 1. The summed E-state index contributed by atoms with van der Waals surface area (Å²) in [6, 6.07) is 16.1. The number of likely N-dealkylation sites (tertiary alicyclic amines) is 1. The number of carboxylic acid groups (broad SMARTS) is 1. The summed E-state index contributed by atoms with van der Waals surface area (Å²) in [6.45, 7) is 2.18. The minimum absolute atomic E-state index is 0.0820. The van der Waals surface area contributed by atoms with Crippen molar-refractivity contribution in [2.45, 2.75) is 19.3 Å². The van der Waals surface area contributed by atoms with Crippen LogP contribution in [0.3, 0.4) is 0 Å². The van der Waals surface area contributed by atoms with Crippen LogP contribution in [0.4, 0.5) is 10.5 Å². The average Bonchev–Trinajstić information content (AvgIpc) is 3.52. The van der Waals surface area contributed by atoms with Crippen LogP contribution in [0.15, 0.2) is 54.7 Å². The van der Waals surface area contributed by atoms with E-state index >= 15 is 0 Å². The second kappa shape index (κ2) is 8.57. The fourth-order valence-corrected chi connectivity index (χ4v) is 4.99. The fourth-order valence-electron chi connectivity index (χ4n) is 4.99. The van der Waals surface area contributed by atoms with Gasteiger partial charge in [0, 0.05) is 26.1 Å². The number of hydrogen-bond donors (Lipinski definition) is 2. The van der Waals surface area contributed by atoms with Crippen LogP contribution in [0.1, 0.15) is 40.9 Å². The molecule has 5 rings (SSSR count). The van der Waals surface area contributed by atoms with E-state index in [4.69, 9.17) is 4.74 Å². The molecule has 0 bridgehead atoms. The molecule has 2 aromatic carbocycles. The number of aliphatic carboxylic acids is 1. The summed E-state index contributed by atoms with van der Waals surface area (Å²) in [7, 11) is 1.60. The number of hydrogen-bond acceptors (Lipinski definition) is 5. The minimum Gasteiger partial charge on any atom is -0.481 e. The SMILES string of the molecule is Cn1ncc(NC(=O)OCC2c3ccccc3-c3ccccc32)c1C(=O)N1CCC(C)(C(=O)O)C1. The molecule has 9 heteroatoms. The molecule has 0 saturated carbocycles. The molecule has 0 spiro atoms. The summed E-state index contributed by atoms with van der Waals surface area (Å²) in [5.74, 6) is -1.40. The highest BCUT2D eigenvalue weighted by molar-refractivity contribution is 6.01. The molecule has 1 fully saturated rings. The van der Waals surface area contributed by atoms with Gasteiger partial charge in [0.2, 0.25) is 0 Å². The Morgan fingerprint density at radius 1 is 1.11 bits per heavy atom. The Bertz CT molecular complexity index is 1290. The van der Waals surface area contributed by atoms with Crippen molar-refractivity contribution >= 4 is 23.7 Å². The van der Waals surface area contributed by atoms with Crippen LogP contribution >= 0.6 is 0 Å². The number of aryl methyl sites for hydroxylation is 1. The highest BCUT2D eigenvalue weighted by Gasteiger charge is 2.43. The second-order valence-electron chi connectivity index (χ2n) is 9.32. The third-order valence-electron chi connectivity index (χ3n) is 7.00. The molecule has 1 aromatic heterocycles. The van der Waals surface area contributed by atoms with Gasteiger partial charge in [-0.05, 0) is 35.6 Å². The topological polar surface area (TPSA) is 114 Å². The van der Waals surface area contributed by atoms with E-state index in [0.717, 1.165) is 22.3 Å². The third-order valence-corrected chi connectivity index (χ3v) is 7.00. The Kier molecular flexibility index (Phi) is 5.55. The van der Waals surface area contributed by atoms with Crippen molar-refractivity contribution < 1.29 is 24.2 Å². The number of rotatable bonds is 5. The Labute approximate surface area is 202 Å². The van der Waals surface area contributed by atoms with Gasteiger partial charge >= 0.3 is 12.1 Å². The standard InChI is InChI=1S/C26H26N4O5/c1-26(24(32)33)11-12-30(15-26)23(31)22-21(13-27-29(22)2)28-25(34)35-14-20-18-9-5-3-7-16(18)17-8-4-6-10-19(17)20/h3-10,13,20H,11-12,14-15H2,1-2H3,(H,28,34)(H,32,33). The first-order valence-electron chi connectivity index (χ1n) is 11.4. The zero-order valence-electron chi connectivity index (χ0n) is 19.5. The number of aromatic nitrogens is 2. The molecule has 1 saturated heterocycles. The Hall–Kier alpha value is -4.14. The van der Waals surface area contributed by atoms with Gasteiger partial charge in [-0.3, -0.25) is 19.6 Å². The molecule has 3 aromatic rings. The maximum atomic E-state index is 13.2. The fraction of sp³-hybridized carbons (Fsp3) is 0.308. The predicted molar refractivity (Wildman–Crippen MR) is 128 cm³/mol. The summed E-state index contributed by atoms with van der Waals surface area (Å²) in [4.78, 5) is 38.9. The molecule has 1 unspecified atom stereocenters. The smallest absolute Gasteiger partial charge is 0.411 e. The van der Waals surface area contributed by atoms with Gasteiger partial charge in [0.05, 0.1) is 17.3 Å². The van der Waals surface area contributed by atoms with Gasteiger partial charge in [0.1, 0.15) is 12.3 Å². The van der Waals surface area contributed by atoms with Crippen LogP contribution < -0.4 is 5.32 Å². The van der Waals surface area contributed by atoms with Gasteiger partial charge in [-0.25, -0.2) is 4.79 Å². The number of benzene rings is 2. The minimum atomic E-state index is -0.991. The Balaban J connectivity index is 1.28. The summed E-state index contributed by atoms with van der Waals surface area (Å²) in [5.41, 5.74) is 3.89. The Morgan fingerprint density at radius 2 is 1.74 bits per heavy atom. The molecule has 35 heavy (non-hydrogen) atoms. The number of anilines is 1. The summed E-state index contributed by atoms with van der Waals surface area (Å²) < 4.78 is 6.96. The second-order valence-corrected chi connectivity index (χ2v) is 9.32. The van der Waals surface area contributed by atoms with Crippen molar-refractivity contribution in [3.63, 3.8) is 0 Å². The molecular formula is C26H26N4O5. The number of carbonyl (C=O) groups excluding carboxylic acids is 2. The molecule has 2 heterocycles. The molecule has 1 atom stereocenters. The van der Waals surface area contributed by atoms with Crippen molar-refractivity contribution in [1.82, 2.24) is 14.7 Å².